The van der Waals surface area contributed by atoms with E-state index in [1.807, 2.05) is 6.08 Å². The van der Waals surface area contributed by atoms with E-state index in [9.17, 15) is 24.5 Å². The van der Waals surface area contributed by atoms with E-state index in [2.05, 4.69) is 43.5 Å². The van der Waals surface area contributed by atoms with Crippen LogP contribution >= 0.6 is 7.82 Å². The molecule has 0 heterocycles. The van der Waals surface area contributed by atoms with Gasteiger partial charge >= 0.3 is 7.82 Å². The lowest BCUT2D eigenvalue weighted by atomic mass is 10.0. The zero-order valence-electron chi connectivity index (χ0n) is 38.4. The Balaban J connectivity index is 4.24. The molecule has 0 aliphatic carbocycles. The number of rotatable bonds is 46. The Morgan fingerprint density at radius 2 is 1.00 bits per heavy atom. The Morgan fingerprint density at radius 3 is 1.44 bits per heavy atom. The number of phosphoric ester groups is 1. The van der Waals surface area contributed by atoms with E-state index >= 15 is 0 Å². The average Bonchev–Trinajstić information content (AvgIpc) is 3.21. The Labute approximate surface area is 363 Å². The summed E-state index contributed by atoms with van der Waals surface area (Å²) in [6.45, 7) is 3.98. The van der Waals surface area contributed by atoms with Crippen LogP contribution in [0.5, 0.6) is 0 Å². The molecule has 59 heavy (non-hydrogen) atoms. The van der Waals surface area contributed by atoms with E-state index in [4.69, 9.17) is 14.8 Å². The van der Waals surface area contributed by atoms with Gasteiger partial charge in [-0.25, -0.2) is 4.57 Å². The highest BCUT2D eigenvalue weighted by Crippen LogP contribution is 2.43. The molecule has 6 N–H and O–H groups in total. The Kier molecular flexibility index (Phi) is 43.7. The average molecular weight is 855 g/mol. The van der Waals surface area contributed by atoms with Gasteiger partial charge in [0.15, 0.2) is 0 Å². The topological polar surface area (TPSA) is 151 Å². The van der Waals surface area contributed by atoms with Gasteiger partial charge in [-0.15, -0.1) is 0 Å². The summed E-state index contributed by atoms with van der Waals surface area (Å²) in [5.74, 6) is -0.452. The van der Waals surface area contributed by atoms with Gasteiger partial charge in [0, 0.05) is 6.54 Å². The standard InChI is InChI=1S/C49H95N2O7P/c1-3-5-7-9-11-13-15-17-19-21-22-23-24-25-26-28-30-32-34-36-38-40-46(52)44-49(54)51-47(45-58-59(55,56)57-43-42-50)48(53)41-39-37-35-33-31-29-27-20-18-16-14-12-10-8-6-4-2/h22-23,25-26,39,41,46-48,52-53H,3-21,24,27-38,40,42-45,50H2,1-2H3,(H,51,54)(H,55,56)/b23-22-,26-25-,41-39+. The highest BCUT2D eigenvalue weighted by Gasteiger charge is 2.27. The van der Waals surface area contributed by atoms with Crippen LogP contribution in [0.2, 0.25) is 0 Å². The van der Waals surface area contributed by atoms with E-state index in [0.717, 1.165) is 64.2 Å². The summed E-state index contributed by atoms with van der Waals surface area (Å²) in [6, 6.07) is -0.987. The van der Waals surface area contributed by atoms with Gasteiger partial charge in [-0.1, -0.05) is 211 Å². The molecule has 0 saturated heterocycles. The summed E-state index contributed by atoms with van der Waals surface area (Å²) >= 11 is 0. The van der Waals surface area contributed by atoms with Crippen LogP contribution in [0.3, 0.4) is 0 Å². The van der Waals surface area contributed by atoms with Crippen LogP contribution in [0, 0.1) is 0 Å². The Morgan fingerprint density at radius 1 is 0.593 bits per heavy atom. The highest BCUT2D eigenvalue weighted by molar-refractivity contribution is 7.47. The maximum Gasteiger partial charge on any atom is 0.472 e. The van der Waals surface area contributed by atoms with E-state index in [1.54, 1.807) is 6.08 Å². The van der Waals surface area contributed by atoms with Crippen molar-refractivity contribution in [1.29, 1.82) is 0 Å². The summed E-state index contributed by atoms with van der Waals surface area (Å²) in [7, 11) is -4.41. The molecule has 0 aliphatic heterocycles. The molecule has 0 aromatic carbocycles. The van der Waals surface area contributed by atoms with Gasteiger partial charge in [-0.3, -0.25) is 13.8 Å². The summed E-state index contributed by atoms with van der Waals surface area (Å²) in [5, 5.41) is 24.1. The second-order valence-corrected chi connectivity index (χ2v) is 18.3. The summed E-state index contributed by atoms with van der Waals surface area (Å²) in [5.41, 5.74) is 5.37. The molecule has 0 aliphatic rings. The minimum atomic E-state index is -4.41. The third-order valence-electron chi connectivity index (χ3n) is 11.0. The number of aliphatic hydroxyl groups excluding tert-OH is 2. The fourth-order valence-corrected chi connectivity index (χ4v) is 8.03. The zero-order valence-corrected chi connectivity index (χ0v) is 39.3. The molecule has 0 saturated carbocycles. The van der Waals surface area contributed by atoms with E-state index in [0.29, 0.717) is 6.42 Å². The predicted molar refractivity (Wildman–Crippen MR) is 250 cm³/mol. The molecule has 4 unspecified atom stereocenters. The maximum absolute atomic E-state index is 12.9. The second-order valence-electron chi connectivity index (χ2n) is 16.9. The van der Waals surface area contributed by atoms with Crippen LogP contribution in [-0.2, 0) is 18.4 Å². The number of unbranched alkanes of at least 4 members (excludes halogenated alkanes) is 28. The fourth-order valence-electron chi connectivity index (χ4n) is 7.27. The number of phosphoric acid groups is 1. The quantitative estimate of drug-likeness (QED) is 0.0231. The first-order valence-electron chi connectivity index (χ1n) is 24.7. The van der Waals surface area contributed by atoms with E-state index in [1.165, 1.54) is 141 Å². The van der Waals surface area contributed by atoms with Crippen molar-refractivity contribution in [2.24, 2.45) is 5.73 Å². The van der Waals surface area contributed by atoms with Gasteiger partial charge < -0.3 is 26.2 Å². The van der Waals surface area contributed by atoms with Crippen LogP contribution in [0.4, 0.5) is 0 Å². The van der Waals surface area contributed by atoms with Gasteiger partial charge in [0.1, 0.15) is 0 Å². The largest absolute Gasteiger partial charge is 0.472 e. The Bertz CT molecular complexity index is 1040. The van der Waals surface area contributed by atoms with Gasteiger partial charge in [-0.05, 0) is 51.4 Å². The number of aliphatic hydroxyl groups is 2. The Hall–Kier alpha value is -1.32. The predicted octanol–water partition coefficient (Wildman–Crippen LogP) is 13.3. The first kappa shape index (κ1) is 57.7. The SMILES string of the molecule is CCCCCCCCCCC/C=C\C/C=C\CCCCCCCC(O)CC(=O)NC(COP(=O)(O)OCCN)C(O)/C=C/CCCCCCCCCCCCCCCC. The molecular formula is C49H95N2O7P. The number of carbonyl (C=O) groups is 1. The third-order valence-corrected chi connectivity index (χ3v) is 12.0. The van der Waals surface area contributed by atoms with Crippen LogP contribution in [0.25, 0.3) is 0 Å². The number of nitrogens with two attached hydrogens (primary N) is 1. The van der Waals surface area contributed by atoms with Crippen LogP contribution in [0.15, 0.2) is 36.5 Å². The van der Waals surface area contributed by atoms with Crippen LogP contribution in [-0.4, -0.2) is 59.0 Å². The van der Waals surface area contributed by atoms with Crippen molar-refractivity contribution in [3.05, 3.63) is 36.5 Å². The molecule has 0 bridgehead atoms. The van der Waals surface area contributed by atoms with E-state index < -0.39 is 38.6 Å². The number of amides is 1. The fraction of sp³-hybridized carbons (Fsp3) is 0.857. The first-order chi connectivity index (χ1) is 28.8. The molecule has 0 rings (SSSR count). The smallest absolute Gasteiger partial charge is 0.393 e. The van der Waals surface area contributed by atoms with Crippen LogP contribution < -0.4 is 11.1 Å². The number of hydrogen-bond donors (Lipinski definition) is 5. The van der Waals surface area contributed by atoms with Crippen molar-refractivity contribution in [3.63, 3.8) is 0 Å². The number of carbonyl (C=O) groups excluding carboxylic acids is 1. The van der Waals surface area contributed by atoms with Crippen molar-refractivity contribution >= 4 is 13.7 Å². The van der Waals surface area contributed by atoms with Gasteiger partial charge in [0.2, 0.25) is 5.91 Å². The number of hydrogen-bond acceptors (Lipinski definition) is 7. The van der Waals surface area contributed by atoms with E-state index in [-0.39, 0.29) is 19.6 Å². The molecule has 348 valence electrons. The highest BCUT2D eigenvalue weighted by atomic mass is 31.2. The zero-order chi connectivity index (χ0) is 43.3. The lowest BCUT2D eigenvalue weighted by Gasteiger charge is -2.24. The lowest BCUT2D eigenvalue weighted by Crippen LogP contribution is -2.46. The van der Waals surface area contributed by atoms with Crippen molar-refractivity contribution < 1.29 is 33.5 Å². The van der Waals surface area contributed by atoms with Crippen molar-refractivity contribution in [3.8, 4) is 0 Å². The summed E-state index contributed by atoms with van der Waals surface area (Å²) in [4.78, 5) is 22.8. The molecule has 0 spiro atoms. The molecule has 1 amide bonds. The lowest BCUT2D eigenvalue weighted by molar-refractivity contribution is -0.124. The molecule has 0 radical (unpaired) electrons. The van der Waals surface area contributed by atoms with Crippen molar-refractivity contribution in [2.75, 3.05) is 19.8 Å². The molecular weight excluding hydrogens is 760 g/mol. The summed E-state index contributed by atoms with van der Waals surface area (Å²) < 4.78 is 22.1. The van der Waals surface area contributed by atoms with Crippen LogP contribution in [0.1, 0.15) is 232 Å². The molecule has 10 heteroatoms. The third kappa shape index (κ3) is 43.1. The number of allylic oxidation sites excluding steroid dienone is 5. The molecule has 9 nitrogen and oxygen atoms in total. The summed E-state index contributed by atoms with van der Waals surface area (Å²) in [6.07, 6.45) is 50.9. The minimum absolute atomic E-state index is 0.0471. The van der Waals surface area contributed by atoms with Gasteiger partial charge in [0.25, 0.3) is 0 Å². The minimum Gasteiger partial charge on any atom is -0.393 e. The molecule has 4 atom stereocenters. The molecule has 0 aromatic heterocycles. The normalized spacial score (nSPS) is 14.7. The molecule has 0 fully saturated rings. The first-order valence-corrected chi connectivity index (χ1v) is 26.2. The maximum atomic E-state index is 12.9. The van der Waals surface area contributed by atoms with Gasteiger partial charge in [-0.2, -0.15) is 0 Å². The van der Waals surface area contributed by atoms with Crippen molar-refractivity contribution in [2.45, 2.75) is 250 Å². The monoisotopic (exact) mass is 855 g/mol. The second kappa shape index (κ2) is 44.7. The number of nitrogens with one attached hydrogen (secondary N) is 1. The van der Waals surface area contributed by atoms with Gasteiger partial charge in [0.05, 0.1) is 37.9 Å². The molecule has 0 aromatic rings. The van der Waals surface area contributed by atoms with Crippen molar-refractivity contribution in [1.82, 2.24) is 5.32 Å².